The summed E-state index contributed by atoms with van der Waals surface area (Å²) in [6.07, 6.45) is 1.35. The molecule has 10 heteroatoms. The molecule has 5 rings (SSSR count). The second-order valence-electron chi connectivity index (χ2n) is 8.17. The number of fused-ring (bicyclic) bond motifs is 3. The number of nitrogens with zero attached hydrogens (tertiary/aromatic N) is 4. The Labute approximate surface area is 205 Å². The zero-order chi connectivity index (χ0) is 25.6. The molecule has 0 bridgehead atoms. The number of aromatic nitrogens is 3. The lowest BCUT2D eigenvalue weighted by Crippen LogP contribution is -2.30. The average Bonchev–Trinajstić information content (AvgIpc) is 3.35. The first kappa shape index (κ1) is 22.9. The van der Waals surface area contributed by atoms with Gasteiger partial charge in [0.15, 0.2) is 5.65 Å². The summed E-state index contributed by atoms with van der Waals surface area (Å²) in [5.74, 6) is -2.71. The fourth-order valence-electron chi connectivity index (χ4n) is 4.34. The predicted octanol–water partition coefficient (Wildman–Crippen LogP) is 3.16. The Bertz CT molecular complexity index is 1540. The molecule has 0 spiro atoms. The van der Waals surface area contributed by atoms with Crippen molar-refractivity contribution in [3.63, 3.8) is 0 Å². The van der Waals surface area contributed by atoms with Gasteiger partial charge in [0, 0.05) is 6.20 Å². The maximum Gasteiger partial charge on any atom is 0.337 e. The number of carbonyl (C=O) groups is 4. The SMILES string of the molecule is COC(=O)c1cc(C(=O)OC)cc(N2C(=O)c3cnc4c(c(C)nn4Cc4ccccc4)c3C2=O)c1. The summed E-state index contributed by atoms with van der Waals surface area (Å²) in [6, 6.07) is 13.6. The van der Waals surface area contributed by atoms with E-state index >= 15 is 0 Å². The van der Waals surface area contributed by atoms with Crippen LogP contribution in [-0.2, 0) is 16.0 Å². The van der Waals surface area contributed by atoms with Gasteiger partial charge in [-0.3, -0.25) is 9.59 Å². The lowest BCUT2D eigenvalue weighted by Gasteiger charge is -2.16. The minimum absolute atomic E-state index is 0.0120. The van der Waals surface area contributed by atoms with Crippen LogP contribution < -0.4 is 4.90 Å². The van der Waals surface area contributed by atoms with Crippen molar-refractivity contribution in [1.29, 1.82) is 0 Å². The van der Waals surface area contributed by atoms with Crippen LogP contribution >= 0.6 is 0 Å². The maximum absolute atomic E-state index is 13.7. The molecular weight excluding hydrogens is 464 g/mol. The van der Waals surface area contributed by atoms with E-state index in [1.165, 1.54) is 38.6 Å². The number of amides is 2. The van der Waals surface area contributed by atoms with Crippen LogP contribution in [0.5, 0.6) is 0 Å². The summed E-state index contributed by atoms with van der Waals surface area (Å²) < 4.78 is 11.2. The highest BCUT2D eigenvalue weighted by atomic mass is 16.5. The highest BCUT2D eigenvalue weighted by Gasteiger charge is 2.40. The van der Waals surface area contributed by atoms with E-state index in [0.717, 1.165) is 10.5 Å². The van der Waals surface area contributed by atoms with Crippen molar-refractivity contribution in [3.8, 4) is 0 Å². The number of imide groups is 1. The largest absolute Gasteiger partial charge is 0.465 e. The molecule has 2 aromatic carbocycles. The fraction of sp³-hybridized carbons (Fsp3) is 0.154. The number of benzene rings is 2. The lowest BCUT2D eigenvalue weighted by molar-refractivity contribution is 0.0598. The first-order valence-electron chi connectivity index (χ1n) is 10.9. The van der Waals surface area contributed by atoms with E-state index in [0.29, 0.717) is 23.3 Å². The molecule has 0 atom stereocenters. The van der Waals surface area contributed by atoms with Crippen LogP contribution in [0.3, 0.4) is 0 Å². The molecular formula is C26H20N4O6. The zero-order valence-corrected chi connectivity index (χ0v) is 19.6. The molecule has 0 saturated heterocycles. The van der Waals surface area contributed by atoms with E-state index in [1.807, 2.05) is 30.3 Å². The number of ether oxygens (including phenoxy) is 2. The molecule has 0 saturated carbocycles. The van der Waals surface area contributed by atoms with Crippen molar-refractivity contribution < 1.29 is 28.7 Å². The van der Waals surface area contributed by atoms with E-state index in [4.69, 9.17) is 9.47 Å². The van der Waals surface area contributed by atoms with Gasteiger partial charge in [0.05, 0.1) is 59.8 Å². The lowest BCUT2D eigenvalue weighted by atomic mass is 10.1. The molecule has 4 aromatic rings. The van der Waals surface area contributed by atoms with Gasteiger partial charge in [0.1, 0.15) is 0 Å². The first-order chi connectivity index (χ1) is 17.3. The van der Waals surface area contributed by atoms with Crippen molar-refractivity contribution in [2.75, 3.05) is 19.1 Å². The minimum atomic E-state index is -0.735. The molecule has 180 valence electrons. The van der Waals surface area contributed by atoms with Gasteiger partial charge in [-0.25, -0.2) is 24.2 Å². The van der Waals surface area contributed by atoms with E-state index in [9.17, 15) is 19.2 Å². The molecule has 0 fully saturated rings. The quantitative estimate of drug-likeness (QED) is 0.313. The van der Waals surface area contributed by atoms with Gasteiger partial charge in [-0.15, -0.1) is 0 Å². The number of esters is 2. The fourth-order valence-corrected chi connectivity index (χ4v) is 4.34. The number of hydrogen-bond donors (Lipinski definition) is 0. The molecule has 0 unspecified atom stereocenters. The van der Waals surface area contributed by atoms with Crippen molar-refractivity contribution in [1.82, 2.24) is 14.8 Å². The standard InChI is InChI=1S/C26H20N4O6/c1-14-20-21-19(12-27-22(20)29(28-14)13-15-7-5-4-6-8-15)23(31)30(24(21)32)18-10-16(25(33)35-2)9-17(11-18)26(34)36-3/h4-12H,13H2,1-3H3. The minimum Gasteiger partial charge on any atom is -0.465 e. The molecule has 10 nitrogen and oxygen atoms in total. The highest BCUT2D eigenvalue weighted by molar-refractivity contribution is 6.37. The number of hydrogen-bond acceptors (Lipinski definition) is 8. The Balaban J connectivity index is 1.63. The molecule has 36 heavy (non-hydrogen) atoms. The van der Waals surface area contributed by atoms with Gasteiger partial charge in [0.2, 0.25) is 0 Å². The molecule has 0 N–H and O–H groups in total. The average molecular weight is 484 g/mol. The van der Waals surface area contributed by atoms with Crippen LogP contribution in [0.1, 0.15) is 52.7 Å². The van der Waals surface area contributed by atoms with E-state index < -0.39 is 23.8 Å². The van der Waals surface area contributed by atoms with E-state index in [1.54, 1.807) is 11.6 Å². The highest BCUT2D eigenvalue weighted by Crippen LogP contribution is 2.35. The number of aryl methyl sites for hydroxylation is 1. The van der Waals surface area contributed by atoms with E-state index in [-0.39, 0.29) is 27.9 Å². The van der Waals surface area contributed by atoms with Gasteiger partial charge in [-0.1, -0.05) is 30.3 Å². The van der Waals surface area contributed by atoms with Gasteiger partial charge >= 0.3 is 11.9 Å². The molecule has 3 heterocycles. The summed E-state index contributed by atoms with van der Waals surface area (Å²) in [4.78, 5) is 56.8. The Morgan fingerprint density at radius 2 is 1.56 bits per heavy atom. The van der Waals surface area contributed by atoms with Gasteiger partial charge in [-0.05, 0) is 30.7 Å². The predicted molar refractivity (Wildman–Crippen MR) is 128 cm³/mol. The topological polar surface area (TPSA) is 121 Å². The van der Waals surface area contributed by atoms with Crippen molar-refractivity contribution >= 4 is 40.5 Å². The molecule has 0 radical (unpaired) electrons. The Kier molecular flexibility index (Phi) is 5.56. The Morgan fingerprint density at radius 3 is 2.17 bits per heavy atom. The van der Waals surface area contributed by atoms with E-state index in [2.05, 4.69) is 10.1 Å². The summed E-state index contributed by atoms with van der Waals surface area (Å²) in [5, 5.41) is 5.04. The Hall–Kier alpha value is -4.86. The van der Waals surface area contributed by atoms with Crippen molar-refractivity contribution in [3.05, 3.63) is 88.2 Å². The number of methoxy groups -OCH3 is 2. The van der Waals surface area contributed by atoms with Gasteiger partial charge in [0.25, 0.3) is 11.8 Å². The van der Waals surface area contributed by atoms with Crippen molar-refractivity contribution in [2.24, 2.45) is 0 Å². The summed E-state index contributed by atoms with van der Waals surface area (Å²) in [7, 11) is 2.38. The molecule has 2 aromatic heterocycles. The van der Waals surface area contributed by atoms with Crippen LogP contribution in [0.4, 0.5) is 5.69 Å². The van der Waals surface area contributed by atoms with Crippen molar-refractivity contribution in [2.45, 2.75) is 13.5 Å². The molecule has 0 aliphatic carbocycles. The third kappa shape index (κ3) is 3.59. The molecule has 2 amide bonds. The third-order valence-corrected chi connectivity index (χ3v) is 5.98. The van der Waals surface area contributed by atoms with Crippen LogP contribution in [0.25, 0.3) is 11.0 Å². The second-order valence-corrected chi connectivity index (χ2v) is 8.17. The third-order valence-electron chi connectivity index (χ3n) is 5.98. The molecule has 1 aliphatic heterocycles. The number of anilines is 1. The van der Waals surface area contributed by atoms with Gasteiger partial charge in [-0.2, -0.15) is 5.10 Å². The maximum atomic E-state index is 13.7. The first-order valence-corrected chi connectivity index (χ1v) is 10.9. The Morgan fingerprint density at radius 1 is 0.917 bits per heavy atom. The van der Waals surface area contributed by atoms with Crippen LogP contribution in [-0.4, -0.2) is 52.7 Å². The second kappa shape index (κ2) is 8.73. The molecule has 1 aliphatic rings. The van der Waals surface area contributed by atoms with Crippen LogP contribution in [0.2, 0.25) is 0 Å². The summed E-state index contributed by atoms with van der Waals surface area (Å²) in [6.45, 7) is 2.19. The smallest absolute Gasteiger partial charge is 0.337 e. The number of carbonyl (C=O) groups excluding carboxylic acids is 4. The monoisotopic (exact) mass is 484 g/mol. The normalized spacial score (nSPS) is 12.7. The number of rotatable bonds is 5. The van der Waals surface area contributed by atoms with Crippen LogP contribution in [0, 0.1) is 6.92 Å². The summed E-state index contributed by atoms with van der Waals surface area (Å²) >= 11 is 0. The van der Waals surface area contributed by atoms with Gasteiger partial charge < -0.3 is 9.47 Å². The zero-order valence-electron chi connectivity index (χ0n) is 19.6. The van der Waals surface area contributed by atoms with Crippen LogP contribution in [0.15, 0.2) is 54.7 Å². The summed E-state index contributed by atoms with van der Waals surface area (Å²) in [5.41, 5.74) is 2.31. The number of pyridine rings is 1.